The van der Waals surface area contributed by atoms with E-state index in [1.807, 2.05) is 31.2 Å². The normalized spacial score (nSPS) is 11.8. The second-order valence-electron chi connectivity index (χ2n) is 5.20. The zero-order chi connectivity index (χ0) is 16.3. The van der Waals surface area contributed by atoms with Crippen LogP contribution in [0.4, 0.5) is 0 Å². The third-order valence-corrected chi connectivity index (χ3v) is 3.84. The Balaban J connectivity index is 2.29. The van der Waals surface area contributed by atoms with Crippen molar-refractivity contribution in [1.82, 2.24) is 9.47 Å². The number of hydrogen-bond donors (Lipinski definition) is 0. The van der Waals surface area contributed by atoms with Crippen LogP contribution in [0.3, 0.4) is 0 Å². The summed E-state index contributed by atoms with van der Waals surface area (Å²) in [6.45, 7) is 1.93. The molecular formula is C17H20N2O3. The predicted molar refractivity (Wildman–Crippen MR) is 85.2 cm³/mol. The van der Waals surface area contributed by atoms with Gasteiger partial charge in [-0.05, 0) is 19.1 Å². The smallest absolute Gasteiger partial charge is 0.254 e. The molecule has 1 heterocycles. The first kappa shape index (κ1) is 15.8. The number of para-hydroxylation sites is 1. The number of benzene rings is 1. The van der Waals surface area contributed by atoms with Crippen LogP contribution in [-0.2, 0) is 7.05 Å². The van der Waals surface area contributed by atoms with E-state index in [4.69, 9.17) is 4.74 Å². The molecule has 1 aromatic carbocycles. The van der Waals surface area contributed by atoms with E-state index in [2.05, 4.69) is 0 Å². The fourth-order valence-corrected chi connectivity index (χ4v) is 2.28. The molecule has 1 aromatic heterocycles. The molecule has 0 aliphatic carbocycles. The fraction of sp³-hybridized carbons (Fsp3) is 0.294. The zero-order valence-corrected chi connectivity index (χ0v) is 13.2. The fourth-order valence-electron chi connectivity index (χ4n) is 2.28. The number of pyridine rings is 1. The van der Waals surface area contributed by atoms with Gasteiger partial charge in [-0.2, -0.15) is 0 Å². The summed E-state index contributed by atoms with van der Waals surface area (Å²) in [5.74, 6) is 0.537. The molecular weight excluding hydrogens is 280 g/mol. The number of aromatic nitrogens is 1. The molecule has 0 saturated heterocycles. The lowest BCUT2D eigenvalue weighted by Gasteiger charge is -2.26. The van der Waals surface area contributed by atoms with Gasteiger partial charge >= 0.3 is 0 Å². The molecule has 0 aliphatic rings. The molecule has 0 saturated carbocycles. The molecule has 0 spiro atoms. The van der Waals surface area contributed by atoms with Crippen LogP contribution in [0.25, 0.3) is 0 Å². The highest BCUT2D eigenvalue weighted by atomic mass is 16.5. The van der Waals surface area contributed by atoms with Gasteiger partial charge in [-0.1, -0.05) is 18.2 Å². The van der Waals surface area contributed by atoms with Crippen LogP contribution in [0.2, 0.25) is 0 Å². The van der Waals surface area contributed by atoms with E-state index in [-0.39, 0.29) is 17.5 Å². The third-order valence-electron chi connectivity index (χ3n) is 3.84. The molecule has 0 aliphatic heterocycles. The van der Waals surface area contributed by atoms with Crippen LogP contribution in [0.5, 0.6) is 5.75 Å². The van der Waals surface area contributed by atoms with E-state index in [1.165, 1.54) is 10.6 Å². The number of nitrogens with zero attached hydrogens (tertiary/aromatic N) is 2. The van der Waals surface area contributed by atoms with Crippen molar-refractivity contribution in [2.24, 2.45) is 7.05 Å². The topological polar surface area (TPSA) is 51.5 Å². The minimum atomic E-state index is -0.204. The Morgan fingerprint density at radius 2 is 1.95 bits per heavy atom. The summed E-state index contributed by atoms with van der Waals surface area (Å²) in [6.07, 6.45) is 1.59. The second kappa shape index (κ2) is 6.47. The average Bonchev–Trinajstić information content (AvgIpc) is 2.55. The molecule has 116 valence electrons. The number of amides is 1. The number of hydrogen-bond acceptors (Lipinski definition) is 3. The quantitative estimate of drug-likeness (QED) is 0.870. The van der Waals surface area contributed by atoms with E-state index in [0.717, 1.165) is 11.3 Å². The van der Waals surface area contributed by atoms with Gasteiger partial charge in [-0.3, -0.25) is 9.59 Å². The number of ether oxygens (including phenoxy) is 1. The van der Waals surface area contributed by atoms with Crippen LogP contribution >= 0.6 is 0 Å². The summed E-state index contributed by atoms with van der Waals surface area (Å²) in [6, 6.07) is 10.4. The van der Waals surface area contributed by atoms with Gasteiger partial charge in [0, 0.05) is 37.5 Å². The molecule has 0 radical (unpaired) electrons. The van der Waals surface area contributed by atoms with Crippen molar-refractivity contribution >= 4 is 5.91 Å². The van der Waals surface area contributed by atoms with Crippen LogP contribution in [0.15, 0.2) is 47.4 Å². The van der Waals surface area contributed by atoms with Gasteiger partial charge in [0.05, 0.1) is 13.2 Å². The minimum Gasteiger partial charge on any atom is -0.496 e. The Bertz CT molecular complexity index is 737. The maximum atomic E-state index is 12.6. The molecule has 0 unspecified atom stereocenters. The van der Waals surface area contributed by atoms with Crippen molar-refractivity contribution in [2.45, 2.75) is 13.0 Å². The molecule has 1 amide bonds. The molecule has 2 rings (SSSR count). The standard InChI is InChI=1S/C17H20N2O3/c1-12(14-7-5-6-8-15(14)22-4)19(3)17(21)13-9-10-18(2)16(20)11-13/h5-12H,1-4H3/t12-/m0/s1. The van der Waals surface area contributed by atoms with Gasteiger partial charge in [-0.25, -0.2) is 0 Å². The number of rotatable bonds is 4. The summed E-state index contributed by atoms with van der Waals surface area (Å²) in [7, 11) is 4.98. The summed E-state index contributed by atoms with van der Waals surface area (Å²) in [4.78, 5) is 25.8. The number of aryl methyl sites for hydroxylation is 1. The summed E-state index contributed by atoms with van der Waals surface area (Å²) < 4.78 is 6.78. The van der Waals surface area contributed by atoms with Gasteiger partial charge in [0.25, 0.3) is 11.5 Å². The van der Waals surface area contributed by atoms with Crippen molar-refractivity contribution < 1.29 is 9.53 Å². The molecule has 0 bridgehead atoms. The maximum Gasteiger partial charge on any atom is 0.254 e. The lowest BCUT2D eigenvalue weighted by Crippen LogP contribution is -2.31. The number of carbonyl (C=O) groups is 1. The van der Waals surface area contributed by atoms with Gasteiger partial charge in [0.1, 0.15) is 5.75 Å². The van der Waals surface area contributed by atoms with Crippen molar-refractivity contribution in [3.63, 3.8) is 0 Å². The number of carbonyl (C=O) groups excluding carboxylic acids is 1. The van der Waals surface area contributed by atoms with E-state index < -0.39 is 0 Å². The summed E-state index contributed by atoms with van der Waals surface area (Å²) in [5.41, 5.74) is 1.10. The molecule has 0 fully saturated rings. The van der Waals surface area contributed by atoms with Crippen LogP contribution in [-0.4, -0.2) is 29.5 Å². The van der Waals surface area contributed by atoms with E-state index in [9.17, 15) is 9.59 Å². The Morgan fingerprint density at radius 3 is 2.59 bits per heavy atom. The number of methoxy groups -OCH3 is 1. The first-order chi connectivity index (χ1) is 10.5. The Hall–Kier alpha value is -2.56. The second-order valence-corrected chi connectivity index (χ2v) is 5.20. The van der Waals surface area contributed by atoms with Gasteiger partial charge in [-0.15, -0.1) is 0 Å². The Labute approximate surface area is 129 Å². The lowest BCUT2D eigenvalue weighted by molar-refractivity contribution is 0.0740. The zero-order valence-electron chi connectivity index (χ0n) is 13.2. The van der Waals surface area contributed by atoms with Gasteiger partial charge in [0.15, 0.2) is 0 Å². The summed E-state index contributed by atoms with van der Waals surface area (Å²) >= 11 is 0. The molecule has 5 nitrogen and oxygen atoms in total. The largest absolute Gasteiger partial charge is 0.496 e. The van der Waals surface area contributed by atoms with E-state index in [0.29, 0.717) is 5.56 Å². The summed E-state index contributed by atoms with van der Waals surface area (Å²) in [5, 5.41) is 0. The highest BCUT2D eigenvalue weighted by Crippen LogP contribution is 2.28. The van der Waals surface area contributed by atoms with Crippen molar-refractivity contribution in [1.29, 1.82) is 0 Å². The van der Waals surface area contributed by atoms with Gasteiger partial charge < -0.3 is 14.2 Å². The molecule has 2 aromatic rings. The van der Waals surface area contributed by atoms with E-state index in [1.54, 1.807) is 38.4 Å². The minimum absolute atomic E-state index is 0.173. The molecule has 22 heavy (non-hydrogen) atoms. The molecule has 5 heteroatoms. The predicted octanol–water partition coefficient (Wildman–Crippen LogP) is 2.23. The highest BCUT2D eigenvalue weighted by Gasteiger charge is 2.21. The molecule has 0 N–H and O–H groups in total. The van der Waals surface area contributed by atoms with E-state index >= 15 is 0 Å². The van der Waals surface area contributed by atoms with Crippen molar-refractivity contribution in [2.75, 3.05) is 14.2 Å². The van der Waals surface area contributed by atoms with Crippen molar-refractivity contribution in [3.05, 3.63) is 64.1 Å². The Morgan fingerprint density at radius 1 is 1.27 bits per heavy atom. The molecule has 1 atom stereocenters. The monoisotopic (exact) mass is 300 g/mol. The van der Waals surface area contributed by atoms with Crippen LogP contribution in [0.1, 0.15) is 28.9 Å². The maximum absolute atomic E-state index is 12.6. The average molecular weight is 300 g/mol. The first-order valence-electron chi connectivity index (χ1n) is 7.02. The van der Waals surface area contributed by atoms with Gasteiger partial charge in [0.2, 0.25) is 0 Å². The van der Waals surface area contributed by atoms with Crippen molar-refractivity contribution in [3.8, 4) is 5.75 Å². The Kier molecular flexibility index (Phi) is 4.65. The van der Waals surface area contributed by atoms with Crippen LogP contribution < -0.4 is 10.3 Å². The first-order valence-corrected chi connectivity index (χ1v) is 7.02. The lowest BCUT2D eigenvalue weighted by atomic mass is 10.1. The van der Waals surface area contributed by atoms with Crippen LogP contribution in [0, 0.1) is 0 Å². The third kappa shape index (κ3) is 3.03. The SMILES string of the molecule is COc1ccccc1[C@H](C)N(C)C(=O)c1ccn(C)c(=O)c1. The highest BCUT2D eigenvalue weighted by molar-refractivity contribution is 5.94.